The zero-order chi connectivity index (χ0) is 10.1. The lowest BCUT2D eigenvalue weighted by atomic mass is 10.0. The maximum absolute atomic E-state index is 8.87. The first-order valence-electron chi connectivity index (χ1n) is 4.42. The lowest BCUT2D eigenvalue weighted by molar-refractivity contribution is 1.46. The molecule has 2 rings (SSSR count). The van der Waals surface area contributed by atoms with Crippen LogP contribution in [0, 0.1) is 18.3 Å². The van der Waals surface area contributed by atoms with Gasteiger partial charge in [0.1, 0.15) is 6.07 Å². The topological polar surface area (TPSA) is 49.8 Å². The second-order valence-corrected chi connectivity index (χ2v) is 3.31. The molecule has 0 heterocycles. The van der Waals surface area contributed by atoms with Gasteiger partial charge >= 0.3 is 0 Å². The van der Waals surface area contributed by atoms with E-state index in [-0.39, 0.29) is 0 Å². The molecule has 14 heavy (non-hydrogen) atoms. The number of hydrogen-bond donors (Lipinski definition) is 1. The Morgan fingerprint density at radius 1 is 1.21 bits per heavy atom. The Balaban J connectivity index is 2.96. The Hall–Kier alpha value is -2.01. The number of nitriles is 1. The highest BCUT2D eigenvalue weighted by molar-refractivity contribution is 5.97. The number of nitrogen functional groups attached to an aromatic ring is 1. The molecule has 2 aromatic rings. The van der Waals surface area contributed by atoms with Crippen molar-refractivity contribution in [1.82, 2.24) is 0 Å². The zero-order valence-corrected chi connectivity index (χ0v) is 7.91. The van der Waals surface area contributed by atoms with Gasteiger partial charge in [0, 0.05) is 5.39 Å². The summed E-state index contributed by atoms with van der Waals surface area (Å²) in [5.74, 6) is 0. The summed E-state index contributed by atoms with van der Waals surface area (Å²) in [6.45, 7) is 1.99. The van der Waals surface area contributed by atoms with Gasteiger partial charge in [0.15, 0.2) is 0 Å². The van der Waals surface area contributed by atoms with Crippen LogP contribution in [0.5, 0.6) is 0 Å². The lowest BCUT2D eigenvalue weighted by Crippen LogP contribution is -1.93. The molecule has 2 heteroatoms. The number of anilines is 1. The highest BCUT2D eigenvalue weighted by atomic mass is 14.6. The van der Waals surface area contributed by atoms with Crippen LogP contribution in [0.25, 0.3) is 10.8 Å². The van der Waals surface area contributed by atoms with E-state index in [0.29, 0.717) is 11.3 Å². The van der Waals surface area contributed by atoms with E-state index >= 15 is 0 Å². The van der Waals surface area contributed by atoms with Gasteiger partial charge in [0.25, 0.3) is 0 Å². The third-order valence-corrected chi connectivity index (χ3v) is 2.41. The molecule has 0 fully saturated rings. The number of benzene rings is 2. The fourth-order valence-electron chi connectivity index (χ4n) is 1.67. The third-order valence-electron chi connectivity index (χ3n) is 2.41. The van der Waals surface area contributed by atoms with Gasteiger partial charge in [-0.1, -0.05) is 24.3 Å². The second-order valence-electron chi connectivity index (χ2n) is 3.31. The first-order valence-corrected chi connectivity index (χ1v) is 4.42. The van der Waals surface area contributed by atoms with E-state index in [0.717, 1.165) is 16.3 Å². The van der Waals surface area contributed by atoms with Crippen LogP contribution in [0.3, 0.4) is 0 Å². The van der Waals surface area contributed by atoms with Crippen LogP contribution in [0.1, 0.15) is 11.1 Å². The highest BCUT2D eigenvalue weighted by Gasteiger charge is 2.05. The molecule has 0 saturated carbocycles. The number of rotatable bonds is 0. The van der Waals surface area contributed by atoms with E-state index in [4.69, 9.17) is 11.0 Å². The fraction of sp³-hybridized carbons (Fsp3) is 0.0833. The molecule has 0 radical (unpaired) electrons. The van der Waals surface area contributed by atoms with E-state index in [2.05, 4.69) is 6.07 Å². The minimum absolute atomic E-state index is 0.557. The third kappa shape index (κ3) is 1.11. The van der Waals surface area contributed by atoms with Crippen LogP contribution in [0.4, 0.5) is 5.69 Å². The summed E-state index contributed by atoms with van der Waals surface area (Å²) in [5, 5.41) is 10.9. The van der Waals surface area contributed by atoms with Gasteiger partial charge in [-0.05, 0) is 23.9 Å². The number of aryl methyl sites for hydroxylation is 1. The minimum atomic E-state index is 0.557. The average molecular weight is 182 g/mol. The number of fused-ring (bicyclic) bond motifs is 1. The predicted molar refractivity (Wildman–Crippen MR) is 57.8 cm³/mol. The molecule has 0 aliphatic rings. The van der Waals surface area contributed by atoms with Crippen molar-refractivity contribution in [2.45, 2.75) is 6.92 Å². The number of nitrogens with zero attached hydrogens (tertiary/aromatic N) is 1. The molecule has 0 unspecified atom stereocenters. The summed E-state index contributed by atoms with van der Waals surface area (Å²) in [7, 11) is 0. The first kappa shape index (κ1) is 8.58. The maximum atomic E-state index is 8.87. The first-order chi connectivity index (χ1) is 6.74. The molecule has 2 N–H and O–H groups in total. The van der Waals surface area contributed by atoms with Crippen molar-refractivity contribution in [1.29, 1.82) is 5.26 Å². The second kappa shape index (κ2) is 3.04. The quantitative estimate of drug-likeness (QED) is 0.636. The van der Waals surface area contributed by atoms with E-state index in [1.165, 1.54) is 0 Å². The molecule has 0 aromatic heterocycles. The van der Waals surface area contributed by atoms with E-state index < -0.39 is 0 Å². The average Bonchev–Trinajstić information content (AvgIpc) is 2.23. The van der Waals surface area contributed by atoms with Gasteiger partial charge in [-0.15, -0.1) is 0 Å². The van der Waals surface area contributed by atoms with Gasteiger partial charge in [-0.25, -0.2) is 0 Å². The van der Waals surface area contributed by atoms with Crippen LogP contribution in [-0.2, 0) is 0 Å². The van der Waals surface area contributed by atoms with Crippen molar-refractivity contribution in [2.24, 2.45) is 0 Å². The molecular weight excluding hydrogens is 172 g/mol. The van der Waals surface area contributed by atoms with Gasteiger partial charge in [-0.3, -0.25) is 0 Å². The van der Waals surface area contributed by atoms with Crippen molar-refractivity contribution in [3.63, 3.8) is 0 Å². The summed E-state index contributed by atoms with van der Waals surface area (Å²) >= 11 is 0. The monoisotopic (exact) mass is 182 g/mol. The SMILES string of the molecule is Cc1cc(C#N)c(N)c2ccccc12. The molecule has 2 nitrogen and oxygen atoms in total. The Kier molecular flexibility index (Phi) is 1.86. The smallest absolute Gasteiger partial charge is 0.101 e. The molecule has 0 aliphatic heterocycles. The maximum Gasteiger partial charge on any atom is 0.101 e. The summed E-state index contributed by atoms with van der Waals surface area (Å²) in [5.41, 5.74) is 8.10. The van der Waals surface area contributed by atoms with Gasteiger partial charge in [0.2, 0.25) is 0 Å². The van der Waals surface area contributed by atoms with Crippen LogP contribution in [0.15, 0.2) is 30.3 Å². The highest BCUT2D eigenvalue weighted by Crippen LogP contribution is 2.27. The molecule has 2 aromatic carbocycles. The molecule has 0 aliphatic carbocycles. The Bertz CT molecular complexity index is 536. The molecule has 0 atom stereocenters. The van der Waals surface area contributed by atoms with Crippen LogP contribution >= 0.6 is 0 Å². The molecule has 0 spiro atoms. The predicted octanol–water partition coefficient (Wildman–Crippen LogP) is 2.60. The van der Waals surface area contributed by atoms with E-state index in [1.54, 1.807) is 0 Å². The molecular formula is C12H10N2. The molecule has 0 bridgehead atoms. The Morgan fingerprint density at radius 2 is 1.86 bits per heavy atom. The lowest BCUT2D eigenvalue weighted by Gasteiger charge is -2.06. The zero-order valence-electron chi connectivity index (χ0n) is 7.91. The molecule has 68 valence electrons. The standard InChI is InChI=1S/C12H10N2/c1-8-6-9(7-13)12(14)11-5-3-2-4-10(8)11/h2-6H,14H2,1H3. The van der Waals surface area contributed by atoms with Crippen molar-refractivity contribution in [2.75, 3.05) is 5.73 Å². The number of nitrogens with two attached hydrogens (primary N) is 1. The summed E-state index contributed by atoms with van der Waals surface area (Å²) < 4.78 is 0. The van der Waals surface area contributed by atoms with E-state index in [9.17, 15) is 0 Å². The Labute approximate surface area is 82.6 Å². The fourth-order valence-corrected chi connectivity index (χ4v) is 1.67. The Morgan fingerprint density at radius 3 is 2.50 bits per heavy atom. The molecule has 0 saturated heterocycles. The minimum Gasteiger partial charge on any atom is -0.397 e. The summed E-state index contributed by atoms with van der Waals surface area (Å²) in [4.78, 5) is 0. The van der Waals surface area contributed by atoms with Crippen LogP contribution < -0.4 is 5.73 Å². The van der Waals surface area contributed by atoms with Gasteiger partial charge in [-0.2, -0.15) is 5.26 Å². The summed E-state index contributed by atoms with van der Waals surface area (Å²) in [6, 6.07) is 11.8. The van der Waals surface area contributed by atoms with Gasteiger partial charge in [0.05, 0.1) is 11.3 Å². The van der Waals surface area contributed by atoms with E-state index in [1.807, 2.05) is 37.3 Å². The van der Waals surface area contributed by atoms with Crippen molar-refractivity contribution in [3.05, 3.63) is 41.5 Å². The largest absolute Gasteiger partial charge is 0.397 e. The van der Waals surface area contributed by atoms with Gasteiger partial charge < -0.3 is 5.73 Å². The van der Waals surface area contributed by atoms with Crippen molar-refractivity contribution >= 4 is 16.5 Å². The molecule has 0 amide bonds. The normalized spacial score (nSPS) is 10.0. The van der Waals surface area contributed by atoms with Crippen molar-refractivity contribution in [3.8, 4) is 6.07 Å². The van der Waals surface area contributed by atoms with Crippen LogP contribution in [-0.4, -0.2) is 0 Å². The summed E-state index contributed by atoms with van der Waals surface area (Å²) in [6.07, 6.45) is 0. The van der Waals surface area contributed by atoms with Crippen molar-refractivity contribution < 1.29 is 0 Å². The number of hydrogen-bond acceptors (Lipinski definition) is 2. The van der Waals surface area contributed by atoms with Crippen LogP contribution in [0.2, 0.25) is 0 Å².